The van der Waals surface area contributed by atoms with E-state index in [0.717, 1.165) is 87.5 Å². The van der Waals surface area contributed by atoms with Crippen LogP contribution in [-0.4, -0.2) is 80.9 Å². The third-order valence-electron chi connectivity index (χ3n) is 12.0. The Morgan fingerprint density at radius 3 is 1.46 bits per heavy atom. The van der Waals surface area contributed by atoms with Crippen molar-refractivity contribution in [2.75, 3.05) is 27.3 Å². The first kappa shape index (κ1) is 54.5. The second-order valence-corrected chi connectivity index (χ2v) is 24.9. The quantitative estimate of drug-likeness (QED) is 0.0627. The van der Waals surface area contributed by atoms with Crippen molar-refractivity contribution in [2.45, 2.75) is 133 Å². The van der Waals surface area contributed by atoms with Gasteiger partial charge in [0.2, 0.25) is 20.0 Å². The molecule has 0 saturated carbocycles. The molecule has 376 valence electrons. The molecule has 13 nitrogen and oxygen atoms in total. The normalized spacial score (nSPS) is 16.4. The number of esters is 2. The molecule has 1 heterocycles. The minimum Gasteiger partial charge on any atom is -0.482 e. The van der Waals surface area contributed by atoms with Gasteiger partial charge in [0, 0.05) is 35.6 Å². The van der Waals surface area contributed by atoms with Crippen LogP contribution in [0.15, 0.2) is 113 Å². The summed E-state index contributed by atoms with van der Waals surface area (Å²) in [4.78, 5) is 29.1. The molecule has 4 aromatic carbocycles. The fourth-order valence-corrected chi connectivity index (χ4v) is 11.9. The second-order valence-electron chi connectivity index (χ2n) is 19.7. The van der Waals surface area contributed by atoms with Crippen LogP contribution in [0.5, 0.6) is 11.5 Å². The predicted octanol–water partition coefficient (Wildman–Crippen LogP) is 11.0. The lowest BCUT2D eigenvalue weighted by Gasteiger charge is -2.29. The van der Waals surface area contributed by atoms with Crippen LogP contribution >= 0.6 is 22.6 Å². The predicted molar refractivity (Wildman–Crippen MR) is 280 cm³/mol. The molecule has 0 radical (unpaired) electrons. The molecular weight excluding hydrogens is 1040 g/mol. The van der Waals surface area contributed by atoms with Crippen LogP contribution in [0, 0.1) is 10.5 Å². The summed E-state index contributed by atoms with van der Waals surface area (Å²) < 4.78 is 80.4. The number of hydrogen-bond acceptors (Lipinski definition) is 11. The fourth-order valence-electron chi connectivity index (χ4n) is 8.76. The van der Waals surface area contributed by atoms with E-state index in [2.05, 4.69) is 27.6 Å². The van der Waals surface area contributed by atoms with Gasteiger partial charge in [-0.3, -0.25) is 4.98 Å². The van der Waals surface area contributed by atoms with E-state index < -0.39 is 43.2 Å². The summed E-state index contributed by atoms with van der Waals surface area (Å²) in [5.41, 5.74) is 5.48. The molecule has 7 rings (SSSR count). The molecular formula is C54H66IN3O10S2. The minimum atomic E-state index is -3.76. The summed E-state index contributed by atoms with van der Waals surface area (Å²) >= 11 is 2.16. The first-order valence-electron chi connectivity index (χ1n) is 23.6. The molecule has 0 spiro atoms. The van der Waals surface area contributed by atoms with Crippen LogP contribution in [0.1, 0.15) is 120 Å². The molecule has 0 bridgehead atoms. The number of carbonyl (C=O) groups excluding carboxylic acids is 2. The average molecular weight is 1110 g/mol. The van der Waals surface area contributed by atoms with Crippen LogP contribution < -0.4 is 9.47 Å². The standard InChI is InChI=1S/C30H36N2O5S.C24H30INO5S/c1-21-17-23(19-31-18-21)22-13-15-24(16-14-22)38(34,35)32(5)27-11-7-6-9-26-25(27)10-8-12-28(26)36-20-29(33)37-30(2,3)4;1-24(2,3)31-23(27)16-30-22-11-7-9-19-20(22)8-5-6-10-21(19)26(4)32(28,29)18-14-12-17(25)13-15-18/h8,10,12-19,27H,6-7,9,11,20H2,1-5H3;7,9,11-15,21H,5-6,8,10,16H2,1-4H3. The fraction of sp³-hybridized carbons (Fsp3) is 0.426. The van der Waals surface area contributed by atoms with E-state index in [9.17, 15) is 26.4 Å². The number of halogens is 1. The Bertz CT molecular complexity index is 2840. The van der Waals surface area contributed by atoms with Crippen LogP contribution in [0.3, 0.4) is 0 Å². The van der Waals surface area contributed by atoms with Gasteiger partial charge in [-0.05, 0) is 198 Å². The van der Waals surface area contributed by atoms with Gasteiger partial charge in [0.15, 0.2) is 13.2 Å². The van der Waals surface area contributed by atoms with Crippen molar-refractivity contribution in [3.8, 4) is 22.6 Å². The average Bonchev–Trinajstić information content (AvgIpc) is 3.66. The summed E-state index contributed by atoms with van der Waals surface area (Å²) in [5, 5.41) is 0. The van der Waals surface area contributed by atoms with Gasteiger partial charge < -0.3 is 18.9 Å². The van der Waals surface area contributed by atoms with E-state index >= 15 is 0 Å². The maximum atomic E-state index is 13.7. The van der Waals surface area contributed by atoms with E-state index in [1.165, 1.54) is 8.61 Å². The Morgan fingerprint density at radius 2 is 1.04 bits per heavy atom. The van der Waals surface area contributed by atoms with Crippen molar-refractivity contribution >= 4 is 54.6 Å². The lowest BCUT2D eigenvalue weighted by molar-refractivity contribution is -0.158. The number of rotatable bonds is 13. The van der Waals surface area contributed by atoms with Crippen molar-refractivity contribution in [3.05, 3.63) is 135 Å². The first-order chi connectivity index (χ1) is 32.9. The Labute approximate surface area is 428 Å². The summed E-state index contributed by atoms with van der Waals surface area (Å²) in [7, 11) is -4.14. The molecule has 0 fully saturated rings. The van der Waals surface area contributed by atoms with Crippen LogP contribution in [0.4, 0.5) is 0 Å². The Morgan fingerprint density at radius 1 is 0.614 bits per heavy atom. The van der Waals surface area contributed by atoms with Crippen molar-refractivity contribution in [1.82, 2.24) is 13.6 Å². The summed E-state index contributed by atoms with van der Waals surface area (Å²) in [6.07, 6.45) is 10.1. The third-order valence-corrected chi connectivity index (χ3v) is 16.5. The molecule has 0 N–H and O–H groups in total. The lowest BCUT2D eigenvalue weighted by atomic mass is 9.98. The molecule has 2 aliphatic rings. The Kier molecular flexibility index (Phi) is 18.0. The number of aryl methyl sites for hydroxylation is 1. The highest BCUT2D eigenvalue weighted by Gasteiger charge is 2.34. The summed E-state index contributed by atoms with van der Waals surface area (Å²) in [5.74, 6) is 0.339. The van der Waals surface area contributed by atoms with Gasteiger partial charge in [-0.1, -0.05) is 49.2 Å². The number of benzene rings is 4. The molecule has 5 aromatic rings. The number of fused-ring (bicyclic) bond motifs is 2. The second kappa shape index (κ2) is 23.1. The molecule has 70 heavy (non-hydrogen) atoms. The molecule has 1 aromatic heterocycles. The topological polar surface area (TPSA) is 159 Å². The van der Waals surface area contributed by atoms with E-state index in [-0.39, 0.29) is 35.1 Å². The van der Waals surface area contributed by atoms with E-state index in [1.807, 2.05) is 103 Å². The van der Waals surface area contributed by atoms with E-state index in [1.54, 1.807) is 62.9 Å². The minimum absolute atomic E-state index is 0.185. The van der Waals surface area contributed by atoms with Gasteiger partial charge in [0.25, 0.3) is 0 Å². The monoisotopic (exact) mass is 1110 g/mol. The highest BCUT2D eigenvalue weighted by molar-refractivity contribution is 14.1. The number of sulfonamides is 2. The zero-order valence-electron chi connectivity index (χ0n) is 41.7. The van der Waals surface area contributed by atoms with Crippen LogP contribution in [0.25, 0.3) is 11.1 Å². The summed E-state index contributed by atoms with van der Waals surface area (Å²) in [6.45, 7) is 12.5. The number of aromatic nitrogens is 1. The summed E-state index contributed by atoms with van der Waals surface area (Å²) in [6, 6.07) is 26.5. The van der Waals surface area contributed by atoms with Gasteiger partial charge in [-0.2, -0.15) is 8.61 Å². The van der Waals surface area contributed by atoms with Gasteiger partial charge >= 0.3 is 11.9 Å². The molecule has 2 atom stereocenters. The van der Waals surface area contributed by atoms with Gasteiger partial charge in [0.1, 0.15) is 22.7 Å². The Hall–Kier alpha value is -4.88. The zero-order chi connectivity index (χ0) is 51.0. The number of ether oxygens (including phenoxy) is 4. The van der Waals surface area contributed by atoms with Crippen molar-refractivity contribution in [1.29, 1.82) is 0 Å². The Balaban J connectivity index is 0.000000233. The molecule has 0 aliphatic heterocycles. The van der Waals surface area contributed by atoms with Crippen molar-refractivity contribution in [3.63, 3.8) is 0 Å². The number of pyridine rings is 1. The third kappa shape index (κ3) is 14.2. The first-order valence-corrected chi connectivity index (χ1v) is 27.6. The van der Waals surface area contributed by atoms with Gasteiger partial charge in [0.05, 0.1) is 21.9 Å². The van der Waals surface area contributed by atoms with Gasteiger partial charge in [-0.15, -0.1) is 0 Å². The maximum absolute atomic E-state index is 13.7. The van der Waals surface area contributed by atoms with Crippen molar-refractivity contribution < 1.29 is 45.4 Å². The smallest absolute Gasteiger partial charge is 0.344 e. The van der Waals surface area contributed by atoms with Gasteiger partial charge in [-0.25, -0.2) is 26.4 Å². The maximum Gasteiger partial charge on any atom is 0.344 e. The molecule has 2 unspecified atom stereocenters. The van der Waals surface area contributed by atoms with Crippen LogP contribution in [-0.2, 0) is 52.0 Å². The highest BCUT2D eigenvalue weighted by atomic mass is 127. The lowest BCUT2D eigenvalue weighted by Crippen LogP contribution is -2.31. The van der Waals surface area contributed by atoms with E-state index in [0.29, 0.717) is 17.9 Å². The zero-order valence-corrected chi connectivity index (χ0v) is 45.4. The van der Waals surface area contributed by atoms with E-state index in [4.69, 9.17) is 18.9 Å². The van der Waals surface area contributed by atoms with Crippen LogP contribution in [0.2, 0.25) is 0 Å². The molecule has 0 saturated heterocycles. The van der Waals surface area contributed by atoms with Crippen molar-refractivity contribution in [2.24, 2.45) is 0 Å². The SMILES string of the molecule is CN(C1CCCCc2c(OCC(=O)OC(C)(C)C)cccc21)S(=O)(=O)c1ccc(I)cc1.Cc1cncc(-c2ccc(S(=O)(=O)N(C)C3CCCCc4c(OCC(=O)OC(C)(C)C)cccc43)cc2)c1. The highest BCUT2D eigenvalue weighted by Crippen LogP contribution is 2.41. The number of carbonyl (C=O) groups is 2. The number of hydrogen-bond donors (Lipinski definition) is 0. The molecule has 0 amide bonds. The largest absolute Gasteiger partial charge is 0.482 e. The molecule has 16 heteroatoms. The number of nitrogens with zero attached hydrogens (tertiary/aromatic N) is 3. The molecule has 2 aliphatic carbocycles.